The Labute approximate surface area is 160 Å². The summed E-state index contributed by atoms with van der Waals surface area (Å²) in [4.78, 5) is 20.0. The molecule has 0 saturated heterocycles. The zero-order chi connectivity index (χ0) is 18.6. The van der Waals surface area contributed by atoms with Gasteiger partial charge in [-0.2, -0.15) is 0 Å². The Hall–Kier alpha value is -1.89. The third-order valence-corrected chi connectivity index (χ3v) is 3.99. The minimum atomic E-state index is -0.792. The van der Waals surface area contributed by atoms with Gasteiger partial charge in [-0.05, 0) is 31.5 Å². The predicted octanol–water partition coefficient (Wildman–Crippen LogP) is 4.54. The molecule has 25 heavy (non-hydrogen) atoms. The van der Waals surface area contributed by atoms with Gasteiger partial charge in [0, 0.05) is 10.0 Å². The lowest BCUT2D eigenvalue weighted by Gasteiger charge is -2.18. The van der Waals surface area contributed by atoms with Crippen LogP contribution in [-0.2, 0) is 9.53 Å². The fraction of sp³-hybridized carbons (Fsp3) is 0.250. The molecule has 0 amide bonds. The highest BCUT2D eigenvalue weighted by molar-refractivity contribution is 6.42. The molecule has 0 fully saturated rings. The molecule has 0 radical (unpaired) electrons. The van der Waals surface area contributed by atoms with Gasteiger partial charge < -0.3 is 10.1 Å². The first kappa shape index (κ1) is 19.4. The second-order valence-electron chi connectivity index (χ2n) is 5.02. The molecule has 0 saturated carbocycles. The number of carbonyl (C=O) groups excluding carboxylic acids is 1. The maximum absolute atomic E-state index is 11.8. The normalized spacial score (nSPS) is 11.7. The van der Waals surface area contributed by atoms with Gasteiger partial charge in [0.25, 0.3) is 0 Å². The highest BCUT2D eigenvalue weighted by Gasteiger charge is 2.22. The van der Waals surface area contributed by atoms with Crippen molar-refractivity contribution in [2.75, 3.05) is 11.9 Å². The Morgan fingerprint density at radius 2 is 2.08 bits per heavy atom. The molecule has 6 nitrogen and oxygen atoms in total. The van der Waals surface area contributed by atoms with Gasteiger partial charge in [0.2, 0.25) is 0 Å². The SMILES string of the molecule is CCOC(=O)C(=N)c1ncc(Cl)nc1NC(C)c1ccc(Cl)cc1Cl. The lowest BCUT2D eigenvalue weighted by atomic mass is 10.1. The van der Waals surface area contributed by atoms with Crippen LogP contribution in [0.3, 0.4) is 0 Å². The Morgan fingerprint density at radius 3 is 2.72 bits per heavy atom. The summed E-state index contributed by atoms with van der Waals surface area (Å²) in [5.74, 6) is -0.608. The number of anilines is 1. The van der Waals surface area contributed by atoms with Crippen molar-refractivity contribution < 1.29 is 9.53 Å². The van der Waals surface area contributed by atoms with E-state index >= 15 is 0 Å². The summed E-state index contributed by atoms with van der Waals surface area (Å²) in [5.41, 5.74) is 0.393. The smallest absolute Gasteiger partial charge is 0.358 e. The molecule has 0 bridgehead atoms. The van der Waals surface area contributed by atoms with Crippen molar-refractivity contribution in [2.45, 2.75) is 19.9 Å². The first-order valence-corrected chi connectivity index (χ1v) is 8.47. The largest absolute Gasteiger partial charge is 0.461 e. The fourth-order valence-electron chi connectivity index (χ4n) is 2.09. The summed E-state index contributed by atoms with van der Waals surface area (Å²) < 4.78 is 4.84. The lowest BCUT2D eigenvalue weighted by molar-refractivity contribution is -0.135. The van der Waals surface area contributed by atoms with E-state index in [2.05, 4.69) is 15.3 Å². The van der Waals surface area contributed by atoms with E-state index in [0.29, 0.717) is 10.0 Å². The summed E-state index contributed by atoms with van der Waals surface area (Å²) in [7, 11) is 0. The number of rotatable bonds is 6. The van der Waals surface area contributed by atoms with Crippen molar-refractivity contribution in [3.05, 3.63) is 50.9 Å². The van der Waals surface area contributed by atoms with Crippen LogP contribution in [0.1, 0.15) is 31.1 Å². The number of benzene rings is 1. The number of halogens is 3. The average molecular weight is 402 g/mol. The second kappa shape index (κ2) is 8.47. The molecule has 9 heteroatoms. The van der Waals surface area contributed by atoms with Gasteiger partial charge in [-0.1, -0.05) is 40.9 Å². The molecule has 2 N–H and O–H groups in total. The average Bonchev–Trinajstić information content (AvgIpc) is 2.54. The van der Waals surface area contributed by atoms with Crippen molar-refractivity contribution >= 4 is 52.3 Å². The number of aromatic nitrogens is 2. The van der Waals surface area contributed by atoms with Gasteiger partial charge in [-0.3, -0.25) is 5.41 Å². The standard InChI is InChI=1S/C16H15Cl3N4O2/c1-3-25-16(24)13(20)14-15(23-12(19)7-21-14)22-8(2)10-5-4-9(17)6-11(10)18/h4-8,20H,3H2,1-2H3,(H,22,23). The molecule has 1 heterocycles. The van der Waals surface area contributed by atoms with E-state index in [1.807, 2.05) is 6.92 Å². The number of nitrogens with zero attached hydrogens (tertiary/aromatic N) is 2. The molecule has 0 aliphatic rings. The molecule has 132 valence electrons. The molecule has 0 aliphatic carbocycles. The molecule has 1 aromatic carbocycles. The Morgan fingerprint density at radius 1 is 1.36 bits per heavy atom. The van der Waals surface area contributed by atoms with Crippen LogP contribution in [0.15, 0.2) is 24.4 Å². The minimum absolute atomic E-state index is 0.0415. The predicted molar refractivity (Wildman–Crippen MR) is 99.0 cm³/mol. The topological polar surface area (TPSA) is 88.0 Å². The highest BCUT2D eigenvalue weighted by Crippen LogP contribution is 2.29. The van der Waals surface area contributed by atoms with E-state index in [1.165, 1.54) is 6.20 Å². The number of nitrogens with one attached hydrogen (secondary N) is 2. The molecule has 2 rings (SSSR count). The van der Waals surface area contributed by atoms with Gasteiger partial charge >= 0.3 is 5.97 Å². The molecule has 1 aromatic heterocycles. The minimum Gasteiger partial charge on any atom is -0.461 e. The second-order valence-corrected chi connectivity index (χ2v) is 6.25. The van der Waals surface area contributed by atoms with Crippen LogP contribution in [0.4, 0.5) is 5.82 Å². The molecule has 0 spiro atoms. The van der Waals surface area contributed by atoms with Crippen molar-refractivity contribution in [3.8, 4) is 0 Å². The number of hydrogen-bond acceptors (Lipinski definition) is 6. The van der Waals surface area contributed by atoms with E-state index in [1.54, 1.807) is 25.1 Å². The number of hydrogen-bond donors (Lipinski definition) is 2. The van der Waals surface area contributed by atoms with Crippen LogP contribution < -0.4 is 5.32 Å². The maximum atomic E-state index is 11.8. The molecule has 1 unspecified atom stereocenters. The van der Waals surface area contributed by atoms with Crippen LogP contribution in [0.25, 0.3) is 0 Å². The zero-order valence-electron chi connectivity index (χ0n) is 13.4. The third-order valence-electron chi connectivity index (χ3n) is 3.24. The Bertz CT molecular complexity index is 814. The molecule has 0 aliphatic heterocycles. The quantitative estimate of drug-likeness (QED) is 0.548. The Kier molecular flexibility index (Phi) is 6.58. The van der Waals surface area contributed by atoms with Crippen LogP contribution in [0.2, 0.25) is 15.2 Å². The Balaban J connectivity index is 2.33. The first-order valence-electron chi connectivity index (χ1n) is 7.33. The van der Waals surface area contributed by atoms with Gasteiger partial charge in [0.1, 0.15) is 10.8 Å². The van der Waals surface area contributed by atoms with E-state index < -0.39 is 11.7 Å². The van der Waals surface area contributed by atoms with E-state index in [-0.39, 0.29) is 29.3 Å². The maximum Gasteiger partial charge on any atom is 0.358 e. The first-order chi connectivity index (χ1) is 11.8. The van der Waals surface area contributed by atoms with Gasteiger partial charge in [0.05, 0.1) is 18.8 Å². The molecular weight excluding hydrogens is 387 g/mol. The summed E-state index contributed by atoms with van der Waals surface area (Å²) in [5, 5.41) is 12.2. The molecule has 2 aromatic rings. The van der Waals surface area contributed by atoms with Crippen LogP contribution in [-0.4, -0.2) is 28.3 Å². The lowest BCUT2D eigenvalue weighted by Crippen LogP contribution is -2.22. The van der Waals surface area contributed by atoms with Gasteiger partial charge in [0.15, 0.2) is 11.5 Å². The van der Waals surface area contributed by atoms with Crippen molar-refractivity contribution in [1.82, 2.24) is 9.97 Å². The third kappa shape index (κ3) is 4.81. The summed E-state index contributed by atoms with van der Waals surface area (Å²) >= 11 is 18.0. The molecule has 1 atom stereocenters. The number of ether oxygens (including phenoxy) is 1. The van der Waals surface area contributed by atoms with E-state index in [9.17, 15) is 4.79 Å². The van der Waals surface area contributed by atoms with E-state index in [0.717, 1.165) is 5.56 Å². The number of esters is 1. The number of carbonyl (C=O) groups is 1. The summed E-state index contributed by atoms with van der Waals surface area (Å²) in [6, 6.07) is 4.82. The van der Waals surface area contributed by atoms with Gasteiger partial charge in [-0.15, -0.1) is 0 Å². The molecular formula is C16H15Cl3N4O2. The van der Waals surface area contributed by atoms with Crippen LogP contribution in [0, 0.1) is 5.41 Å². The van der Waals surface area contributed by atoms with E-state index in [4.69, 9.17) is 44.9 Å². The van der Waals surface area contributed by atoms with Crippen molar-refractivity contribution in [2.24, 2.45) is 0 Å². The zero-order valence-corrected chi connectivity index (χ0v) is 15.7. The van der Waals surface area contributed by atoms with Crippen molar-refractivity contribution in [1.29, 1.82) is 5.41 Å². The van der Waals surface area contributed by atoms with Crippen LogP contribution >= 0.6 is 34.8 Å². The van der Waals surface area contributed by atoms with Crippen molar-refractivity contribution in [3.63, 3.8) is 0 Å². The van der Waals surface area contributed by atoms with Crippen LogP contribution in [0.5, 0.6) is 0 Å². The fourth-order valence-corrected chi connectivity index (χ4v) is 2.79. The highest BCUT2D eigenvalue weighted by atomic mass is 35.5. The monoisotopic (exact) mass is 400 g/mol. The van der Waals surface area contributed by atoms with Gasteiger partial charge in [-0.25, -0.2) is 14.8 Å². The summed E-state index contributed by atoms with van der Waals surface area (Å²) in [6.45, 7) is 3.65. The summed E-state index contributed by atoms with van der Waals surface area (Å²) in [6.07, 6.45) is 1.26.